The second kappa shape index (κ2) is 6.17. The fourth-order valence-electron chi connectivity index (χ4n) is 2.01. The molecule has 0 saturated carbocycles. The number of nitrogens with zero attached hydrogens (tertiary/aromatic N) is 1. The number of ketones is 1. The van der Waals surface area contributed by atoms with Gasteiger partial charge in [-0.3, -0.25) is 4.79 Å². The van der Waals surface area contributed by atoms with Crippen molar-refractivity contribution in [2.24, 2.45) is 0 Å². The molecule has 0 fully saturated rings. The smallest absolute Gasteiger partial charge is 0.231 e. The van der Waals surface area contributed by atoms with E-state index >= 15 is 0 Å². The van der Waals surface area contributed by atoms with E-state index in [1.165, 1.54) is 12.3 Å². The van der Waals surface area contributed by atoms with E-state index in [0.717, 1.165) is 0 Å². The molecule has 2 aromatic rings. The Labute approximate surface area is 127 Å². The number of rotatable bonds is 5. The lowest BCUT2D eigenvalue weighted by Gasteiger charge is -2.05. The topological polar surface area (TPSA) is 69.7 Å². The second-order valence-corrected chi connectivity index (χ2v) is 4.46. The van der Waals surface area contributed by atoms with Crippen molar-refractivity contribution in [1.82, 2.24) is 4.98 Å². The SMILES string of the molecule is COc1cccnc1N/C=C\C(=O)c1ccc2c(c1)OCO2. The maximum Gasteiger partial charge on any atom is 0.231 e. The minimum absolute atomic E-state index is 0.152. The van der Waals surface area contributed by atoms with E-state index in [-0.39, 0.29) is 12.6 Å². The summed E-state index contributed by atoms with van der Waals surface area (Å²) in [6.07, 6.45) is 4.59. The molecule has 1 N–H and O–H groups in total. The number of anilines is 1. The molecule has 3 rings (SSSR count). The van der Waals surface area contributed by atoms with Crippen molar-refractivity contribution >= 4 is 11.6 Å². The van der Waals surface area contributed by atoms with E-state index in [2.05, 4.69) is 10.3 Å². The van der Waals surface area contributed by atoms with Crippen LogP contribution < -0.4 is 19.5 Å². The van der Waals surface area contributed by atoms with Crippen LogP contribution in [0.25, 0.3) is 0 Å². The van der Waals surface area contributed by atoms with E-state index < -0.39 is 0 Å². The molecule has 6 heteroatoms. The van der Waals surface area contributed by atoms with Gasteiger partial charge >= 0.3 is 0 Å². The minimum atomic E-state index is -0.152. The number of hydrogen-bond acceptors (Lipinski definition) is 6. The summed E-state index contributed by atoms with van der Waals surface area (Å²) in [5, 5.41) is 2.92. The number of ether oxygens (including phenoxy) is 3. The number of carbonyl (C=O) groups is 1. The summed E-state index contributed by atoms with van der Waals surface area (Å²) in [6, 6.07) is 8.63. The third-order valence-electron chi connectivity index (χ3n) is 3.10. The van der Waals surface area contributed by atoms with Crippen LogP contribution >= 0.6 is 0 Å². The first kappa shape index (κ1) is 13.9. The van der Waals surface area contributed by atoms with Crippen LogP contribution in [0.4, 0.5) is 5.82 Å². The third kappa shape index (κ3) is 2.85. The van der Waals surface area contributed by atoms with Gasteiger partial charge in [-0.15, -0.1) is 0 Å². The van der Waals surface area contributed by atoms with Crippen LogP contribution in [0.1, 0.15) is 10.4 Å². The highest BCUT2D eigenvalue weighted by Crippen LogP contribution is 2.32. The van der Waals surface area contributed by atoms with Crippen LogP contribution in [-0.2, 0) is 0 Å². The average Bonchev–Trinajstić information content (AvgIpc) is 3.02. The van der Waals surface area contributed by atoms with Crippen molar-refractivity contribution < 1.29 is 19.0 Å². The largest absolute Gasteiger partial charge is 0.493 e. The van der Waals surface area contributed by atoms with E-state index in [1.807, 2.05) is 0 Å². The molecule has 0 bridgehead atoms. The van der Waals surface area contributed by atoms with Crippen LogP contribution in [0.2, 0.25) is 0 Å². The fraction of sp³-hybridized carbons (Fsp3) is 0.125. The summed E-state index contributed by atoms with van der Waals surface area (Å²) in [4.78, 5) is 16.2. The standard InChI is InChI=1S/C16H14N2O4/c1-20-14-3-2-7-17-16(14)18-8-6-12(19)11-4-5-13-15(9-11)22-10-21-13/h2-9H,10H2,1H3,(H,17,18)/b8-6-. The number of nitrogens with one attached hydrogen (secondary N) is 1. The first-order valence-corrected chi connectivity index (χ1v) is 6.64. The van der Waals surface area contributed by atoms with Gasteiger partial charge in [0.15, 0.2) is 28.8 Å². The number of methoxy groups -OCH3 is 1. The van der Waals surface area contributed by atoms with Crippen molar-refractivity contribution in [2.75, 3.05) is 19.2 Å². The Bertz CT molecular complexity index is 728. The Morgan fingerprint density at radius 2 is 2.18 bits per heavy atom. The lowest BCUT2D eigenvalue weighted by atomic mass is 10.1. The molecule has 0 aliphatic carbocycles. The molecule has 0 unspecified atom stereocenters. The van der Waals surface area contributed by atoms with Crippen LogP contribution in [0.3, 0.4) is 0 Å². The highest BCUT2D eigenvalue weighted by Gasteiger charge is 2.15. The second-order valence-electron chi connectivity index (χ2n) is 4.46. The van der Waals surface area contributed by atoms with Gasteiger partial charge in [0.25, 0.3) is 0 Å². The molecular weight excluding hydrogens is 284 g/mol. The molecule has 0 radical (unpaired) electrons. The predicted octanol–water partition coefficient (Wildman–Crippen LogP) is 2.63. The summed E-state index contributed by atoms with van der Waals surface area (Å²) >= 11 is 0. The molecule has 1 aromatic heterocycles. The maximum absolute atomic E-state index is 12.1. The molecule has 112 valence electrons. The first-order chi connectivity index (χ1) is 10.8. The van der Waals surface area contributed by atoms with Crippen molar-refractivity contribution in [3.63, 3.8) is 0 Å². The molecule has 0 amide bonds. The molecule has 0 atom stereocenters. The third-order valence-corrected chi connectivity index (χ3v) is 3.10. The van der Waals surface area contributed by atoms with Gasteiger partial charge in [0.05, 0.1) is 7.11 Å². The summed E-state index contributed by atoms with van der Waals surface area (Å²) in [5.74, 6) is 2.22. The zero-order chi connectivity index (χ0) is 15.4. The Morgan fingerprint density at radius 1 is 1.32 bits per heavy atom. The number of carbonyl (C=O) groups excluding carboxylic acids is 1. The molecule has 0 saturated heterocycles. The van der Waals surface area contributed by atoms with E-state index in [9.17, 15) is 4.79 Å². The van der Waals surface area contributed by atoms with Gasteiger partial charge < -0.3 is 19.5 Å². The molecule has 1 aliphatic heterocycles. The summed E-state index contributed by atoms with van der Waals surface area (Å²) in [7, 11) is 1.56. The first-order valence-electron chi connectivity index (χ1n) is 6.64. The van der Waals surface area contributed by atoms with Gasteiger partial charge in [0.1, 0.15) is 0 Å². The van der Waals surface area contributed by atoms with Gasteiger partial charge in [0.2, 0.25) is 6.79 Å². The predicted molar refractivity (Wildman–Crippen MR) is 80.4 cm³/mol. The lowest BCUT2D eigenvalue weighted by Crippen LogP contribution is -1.99. The zero-order valence-corrected chi connectivity index (χ0v) is 11.9. The van der Waals surface area contributed by atoms with Crippen LogP contribution in [0.15, 0.2) is 48.8 Å². The number of fused-ring (bicyclic) bond motifs is 1. The summed E-state index contributed by atoms with van der Waals surface area (Å²) < 4.78 is 15.6. The fourth-order valence-corrected chi connectivity index (χ4v) is 2.01. The lowest BCUT2D eigenvalue weighted by molar-refractivity contribution is 0.104. The van der Waals surface area contributed by atoms with Gasteiger partial charge in [0, 0.05) is 24.0 Å². The monoisotopic (exact) mass is 298 g/mol. The van der Waals surface area contributed by atoms with Gasteiger partial charge in [-0.1, -0.05) is 0 Å². The molecule has 22 heavy (non-hydrogen) atoms. The normalized spacial score (nSPS) is 12.4. The number of benzene rings is 1. The quantitative estimate of drug-likeness (QED) is 0.676. The number of aromatic nitrogens is 1. The van der Waals surface area contributed by atoms with Gasteiger partial charge in [-0.05, 0) is 30.3 Å². The molecule has 1 aliphatic rings. The Morgan fingerprint density at radius 3 is 3.05 bits per heavy atom. The van der Waals surface area contributed by atoms with Crippen LogP contribution in [0, 0.1) is 0 Å². The molecule has 6 nitrogen and oxygen atoms in total. The Kier molecular flexibility index (Phi) is 3.91. The summed E-state index contributed by atoms with van der Waals surface area (Å²) in [6.45, 7) is 0.184. The number of pyridine rings is 1. The van der Waals surface area contributed by atoms with Gasteiger partial charge in [-0.2, -0.15) is 0 Å². The van der Waals surface area contributed by atoms with Crippen molar-refractivity contribution in [3.05, 3.63) is 54.4 Å². The van der Waals surface area contributed by atoms with Crippen LogP contribution in [-0.4, -0.2) is 24.7 Å². The van der Waals surface area contributed by atoms with Crippen molar-refractivity contribution in [1.29, 1.82) is 0 Å². The Hall–Kier alpha value is -3.02. The number of hydrogen-bond donors (Lipinski definition) is 1. The molecular formula is C16H14N2O4. The maximum atomic E-state index is 12.1. The molecule has 1 aromatic carbocycles. The summed E-state index contributed by atoms with van der Waals surface area (Å²) in [5.41, 5.74) is 0.523. The zero-order valence-electron chi connectivity index (χ0n) is 11.9. The molecule has 0 spiro atoms. The molecule has 2 heterocycles. The van der Waals surface area contributed by atoms with Crippen molar-refractivity contribution in [3.8, 4) is 17.2 Å². The van der Waals surface area contributed by atoms with E-state index in [0.29, 0.717) is 28.6 Å². The Balaban J connectivity index is 1.69. The highest BCUT2D eigenvalue weighted by atomic mass is 16.7. The van der Waals surface area contributed by atoms with E-state index in [1.54, 1.807) is 43.6 Å². The van der Waals surface area contributed by atoms with Gasteiger partial charge in [-0.25, -0.2) is 4.98 Å². The number of allylic oxidation sites excluding steroid dienone is 1. The van der Waals surface area contributed by atoms with Crippen LogP contribution in [0.5, 0.6) is 17.2 Å². The van der Waals surface area contributed by atoms with E-state index in [4.69, 9.17) is 14.2 Å². The minimum Gasteiger partial charge on any atom is -0.493 e. The van der Waals surface area contributed by atoms with Crippen molar-refractivity contribution in [2.45, 2.75) is 0 Å². The highest BCUT2D eigenvalue weighted by molar-refractivity contribution is 6.05. The average molecular weight is 298 g/mol.